The molecule has 1 aliphatic rings. The van der Waals surface area contributed by atoms with Gasteiger partial charge >= 0.3 is 0 Å². The highest BCUT2D eigenvalue weighted by molar-refractivity contribution is 5.94. The van der Waals surface area contributed by atoms with Gasteiger partial charge in [0.15, 0.2) is 0 Å². The zero-order valence-electron chi connectivity index (χ0n) is 12.6. The van der Waals surface area contributed by atoms with E-state index in [1.165, 1.54) is 0 Å². The number of aliphatic hydroxyl groups is 1. The van der Waals surface area contributed by atoms with Crippen LogP contribution in [-0.2, 0) is 11.2 Å². The van der Waals surface area contributed by atoms with Crippen LogP contribution in [-0.4, -0.2) is 53.3 Å². The fraction of sp³-hybridized carbons (Fsp3) is 0.625. The number of ether oxygens (including phenoxy) is 1. The molecule has 1 N–H and O–H groups in total. The number of rotatable bonds is 6. The van der Waals surface area contributed by atoms with Gasteiger partial charge in [-0.2, -0.15) is 0 Å². The van der Waals surface area contributed by atoms with Gasteiger partial charge in [-0.3, -0.25) is 9.78 Å². The maximum absolute atomic E-state index is 12.7. The summed E-state index contributed by atoms with van der Waals surface area (Å²) < 4.78 is 5.37. The van der Waals surface area contributed by atoms with Gasteiger partial charge in [0.25, 0.3) is 5.91 Å². The van der Waals surface area contributed by atoms with E-state index in [0.717, 1.165) is 24.8 Å². The van der Waals surface area contributed by atoms with Crippen LogP contribution in [0.1, 0.15) is 42.2 Å². The lowest BCUT2D eigenvalue weighted by Gasteiger charge is -2.34. The van der Waals surface area contributed by atoms with Gasteiger partial charge in [-0.05, 0) is 44.2 Å². The molecule has 0 unspecified atom stereocenters. The lowest BCUT2D eigenvalue weighted by molar-refractivity contribution is 0.0495. The minimum Gasteiger partial charge on any atom is -0.394 e. The molecule has 0 radical (unpaired) electrons. The Labute approximate surface area is 125 Å². The summed E-state index contributed by atoms with van der Waals surface area (Å²) in [5.41, 5.74) is 1.41. The number of nitrogens with zero attached hydrogens (tertiary/aromatic N) is 2. The van der Waals surface area contributed by atoms with Gasteiger partial charge in [0.2, 0.25) is 0 Å². The van der Waals surface area contributed by atoms with Crippen LogP contribution in [0.4, 0.5) is 0 Å². The Morgan fingerprint density at radius 2 is 2.38 bits per heavy atom. The van der Waals surface area contributed by atoms with Gasteiger partial charge in [0, 0.05) is 19.3 Å². The Bertz CT molecular complexity index is 465. The highest BCUT2D eigenvalue weighted by Gasteiger charge is 2.28. The largest absolute Gasteiger partial charge is 0.394 e. The van der Waals surface area contributed by atoms with Crippen LogP contribution in [0.2, 0.25) is 0 Å². The zero-order chi connectivity index (χ0) is 15.1. The van der Waals surface area contributed by atoms with Crippen molar-refractivity contribution in [1.29, 1.82) is 0 Å². The first kappa shape index (κ1) is 15.9. The number of hydrogen-bond donors (Lipinski definition) is 1. The smallest absolute Gasteiger partial charge is 0.273 e. The number of amides is 1. The van der Waals surface area contributed by atoms with Crippen molar-refractivity contribution in [2.75, 3.05) is 26.4 Å². The molecule has 1 aromatic heterocycles. The maximum atomic E-state index is 12.7. The van der Waals surface area contributed by atoms with Crippen molar-refractivity contribution < 1.29 is 14.6 Å². The third-order valence-corrected chi connectivity index (χ3v) is 3.91. The lowest BCUT2D eigenvalue weighted by Crippen LogP contribution is -2.46. The number of pyridine rings is 1. The average molecular weight is 292 g/mol. The Morgan fingerprint density at radius 3 is 3.14 bits per heavy atom. The molecule has 0 bridgehead atoms. The molecule has 1 aliphatic heterocycles. The van der Waals surface area contributed by atoms with Crippen LogP contribution < -0.4 is 0 Å². The first-order valence-corrected chi connectivity index (χ1v) is 7.71. The molecular formula is C16H24N2O3. The predicted octanol–water partition coefficient (Wildman–Crippen LogP) is 1.65. The quantitative estimate of drug-likeness (QED) is 0.810. The minimum absolute atomic E-state index is 0.0207. The standard InChI is InChI=1S/C16H24N2O3/c1-2-21-11-8-13-6-5-9-17-15(13)16(20)18-10-4-3-7-14(18)12-19/h5-6,9,14,19H,2-4,7-8,10-12H2,1H3/t14-/m0/s1. The van der Waals surface area contributed by atoms with E-state index in [9.17, 15) is 9.90 Å². The minimum atomic E-state index is -0.0759. The average Bonchev–Trinajstić information content (AvgIpc) is 2.55. The first-order chi connectivity index (χ1) is 10.3. The summed E-state index contributed by atoms with van der Waals surface area (Å²) in [5, 5.41) is 9.47. The molecule has 116 valence electrons. The van der Waals surface area contributed by atoms with Crippen molar-refractivity contribution in [1.82, 2.24) is 9.88 Å². The van der Waals surface area contributed by atoms with Crippen LogP contribution in [0.5, 0.6) is 0 Å². The monoisotopic (exact) mass is 292 g/mol. The van der Waals surface area contributed by atoms with Crippen LogP contribution in [0.15, 0.2) is 18.3 Å². The number of carbonyl (C=O) groups excluding carboxylic acids is 1. The third-order valence-electron chi connectivity index (χ3n) is 3.91. The van der Waals surface area contributed by atoms with Crippen LogP contribution in [0, 0.1) is 0 Å². The van der Waals surface area contributed by atoms with Gasteiger partial charge in [-0.15, -0.1) is 0 Å². The van der Waals surface area contributed by atoms with Crippen LogP contribution in [0.3, 0.4) is 0 Å². The number of aliphatic hydroxyl groups excluding tert-OH is 1. The summed E-state index contributed by atoms with van der Waals surface area (Å²) in [7, 11) is 0. The molecule has 0 spiro atoms. The number of carbonyl (C=O) groups is 1. The van der Waals surface area contributed by atoms with Crippen molar-refractivity contribution in [3.63, 3.8) is 0 Å². The molecule has 0 saturated carbocycles. The normalized spacial score (nSPS) is 18.8. The zero-order valence-corrected chi connectivity index (χ0v) is 12.6. The summed E-state index contributed by atoms with van der Waals surface area (Å²) in [6.45, 7) is 3.93. The molecular weight excluding hydrogens is 268 g/mol. The molecule has 1 aromatic rings. The Balaban J connectivity index is 2.14. The van der Waals surface area contributed by atoms with Crippen molar-refractivity contribution in [2.24, 2.45) is 0 Å². The van der Waals surface area contributed by atoms with E-state index in [1.54, 1.807) is 11.1 Å². The SMILES string of the molecule is CCOCCc1cccnc1C(=O)N1CCCC[C@H]1CO. The second-order valence-electron chi connectivity index (χ2n) is 5.29. The van der Waals surface area contributed by atoms with E-state index in [0.29, 0.717) is 31.9 Å². The highest BCUT2D eigenvalue weighted by Crippen LogP contribution is 2.20. The number of hydrogen-bond acceptors (Lipinski definition) is 4. The summed E-state index contributed by atoms with van der Waals surface area (Å²) >= 11 is 0. The predicted molar refractivity (Wildman–Crippen MR) is 80.2 cm³/mol. The number of piperidine rings is 1. The van der Waals surface area contributed by atoms with Gasteiger partial charge in [0.1, 0.15) is 5.69 Å². The molecule has 0 aliphatic carbocycles. The van der Waals surface area contributed by atoms with Crippen molar-refractivity contribution >= 4 is 5.91 Å². The molecule has 5 nitrogen and oxygen atoms in total. The van der Waals surface area contributed by atoms with E-state index < -0.39 is 0 Å². The second-order valence-corrected chi connectivity index (χ2v) is 5.29. The molecule has 21 heavy (non-hydrogen) atoms. The van der Waals surface area contributed by atoms with E-state index in [4.69, 9.17) is 4.74 Å². The lowest BCUT2D eigenvalue weighted by atomic mass is 10.0. The fourth-order valence-corrected chi connectivity index (χ4v) is 2.75. The fourth-order valence-electron chi connectivity index (χ4n) is 2.75. The van der Waals surface area contributed by atoms with Crippen molar-refractivity contribution in [2.45, 2.75) is 38.6 Å². The Morgan fingerprint density at radius 1 is 1.52 bits per heavy atom. The second kappa shape index (κ2) is 8.10. The molecule has 1 atom stereocenters. The Hall–Kier alpha value is -1.46. The molecule has 1 amide bonds. The summed E-state index contributed by atoms with van der Waals surface area (Å²) in [6, 6.07) is 3.70. The molecule has 1 fully saturated rings. The number of aromatic nitrogens is 1. The van der Waals surface area contributed by atoms with Gasteiger partial charge < -0.3 is 14.7 Å². The van der Waals surface area contributed by atoms with E-state index in [-0.39, 0.29) is 18.6 Å². The molecule has 2 heterocycles. The van der Waals surface area contributed by atoms with Crippen LogP contribution in [0.25, 0.3) is 0 Å². The number of likely N-dealkylation sites (tertiary alicyclic amines) is 1. The highest BCUT2D eigenvalue weighted by atomic mass is 16.5. The van der Waals surface area contributed by atoms with Gasteiger partial charge in [0.05, 0.1) is 19.3 Å². The van der Waals surface area contributed by atoms with Gasteiger partial charge in [-0.25, -0.2) is 0 Å². The summed E-state index contributed by atoms with van der Waals surface area (Å²) in [5.74, 6) is -0.0687. The summed E-state index contributed by atoms with van der Waals surface area (Å²) in [6.07, 6.45) is 5.25. The topological polar surface area (TPSA) is 62.7 Å². The molecule has 5 heteroatoms. The Kier molecular flexibility index (Phi) is 6.14. The molecule has 0 aromatic carbocycles. The molecule has 1 saturated heterocycles. The maximum Gasteiger partial charge on any atom is 0.273 e. The van der Waals surface area contributed by atoms with E-state index >= 15 is 0 Å². The van der Waals surface area contributed by atoms with Crippen LogP contribution >= 0.6 is 0 Å². The third kappa shape index (κ3) is 4.02. The molecule has 2 rings (SSSR count). The van der Waals surface area contributed by atoms with Crippen molar-refractivity contribution in [3.8, 4) is 0 Å². The van der Waals surface area contributed by atoms with E-state index in [2.05, 4.69) is 4.98 Å². The van der Waals surface area contributed by atoms with Gasteiger partial charge in [-0.1, -0.05) is 6.07 Å². The first-order valence-electron chi connectivity index (χ1n) is 7.71. The van der Waals surface area contributed by atoms with E-state index in [1.807, 2.05) is 19.1 Å². The summed E-state index contributed by atoms with van der Waals surface area (Å²) in [4.78, 5) is 18.8. The van der Waals surface area contributed by atoms with Crippen molar-refractivity contribution in [3.05, 3.63) is 29.6 Å².